The molecule has 0 spiro atoms. The number of nitrogens with one attached hydrogen (secondary N) is 1. The molecule has 1 aliphatic heterocycles. The van der Waals surface area contributed by atoms with Crippen LogP contribution in [-0.4, -0.2) is 54.4 Å². The van der Waals surface area contributed by atoms with Crippen LogP contribution >= 0.6 is 11.6 Å². The molecule has 1 fully saturated rings. The Morgan fingerprint density at radius 2 is 1.71 bits per heavy atom. The van der Waals surface area contributed by atoms with E-state index in [0.29, 0.717) is 42.6 Å². The zero-order chi connectivity index (χ0) is 23.5. The molecule has 1 N–H and O–H groups in total. The highest BCUT2D eigenvalue weighted by Gasteiger charge is 2.23. The van der Waals surface area contributed by atoms with Crippen molar-refractivity contribution in [2.45, 2.75) is 0 Å². The van der Waals surface area contributed by atoms with E-state index in [-0.39, 0.29) is 6.03 Å². The number of ether oxygens (including phenoxy) is 1. The topological polar surface area (TPSA) is 70.6 Å². The molecular weight excluding hydrogens is 450 g/mol. The molecule has 0 unspecified atom stereocenters. The van der Waals surface area contributed by atoms with Crippen molar-refractivity contribution in [2.75, 3.05) is 43.5 Å². The molecular formula is C26H24ClN5O2. The number of carbonyl (C=O) groups excluding carboxylic acids is 1. The molecule has 172 valence electrons. The molecule has 3 aromatic carbocycles. The number of carbonyl (C=O) groups is 1. The summed E-state index contributed by atoms with van der Waals surface area (Å²) in [6.45, 7) is 2.49. The standard InChI is InChI=1S/C26H24ClN5O2/c1-34-24-10-8-21(27)17-23(24)28-26(33)32-14-12-31(13-15-32)25-11-9-22(29-30-25)20-7-6-18-4-2-3-5-19(18)16-20/h2-11,16-17H,12-15H2,1H3,(H,28,33). The SMILES string of the molecule is COc1ccc(Cl)cc1NC(=O)N1CCN(c2ccc(-c3ccc4ccccc4c3)nn2)CC1. The second kappa shape index (κ2) is 9.57. The highest BCUT2D eigenvalue weighted by Crippen LogP contribution is 2.28. The number of urea groups is 1. The minimum atomic E-state index is -0.182. The molecule has 2 amide bonds. The quantitative estimate of drug-likeness (QED) is 0.434. The first-order valence-corrected chi connectivity index (χ1v) is 11.5. The predicted molar refractivity (Wildman–Crippen MR) is 136 cm³/mol. The van der Waals surface area contributed by atoms with Gasteiger partial charge < -0.3 is 19.9 Å². The Morgan fingerprint density at radius 3 is 2.44 bits per heavy atom. The van der Waals surface area contributed by atoms with Crippen molar-refractivity contribution in [3.8, 4) is 17.0 Å². The van der Waals surface area contributed by atoms with Gasteiger partial charge in [-0.1, -0.05) is 48.0 Å². The number of benzene rings is 3. The number of halogens is 1. The van der Waals surface area contributed by atoms with E-state index in [1.54, 1.807) is 30.2 Å². The number of hydrogen-bond acceptors (Lipinski definition) is 5. The van der Waals surface area contributed by atoms with Crippen molar-refractivity contribution < 1.29 is 9.53 Å². The summed E-state index contributed by atoms with van der Waals surface area (Å²) in [5.41, 5.74) is 2.43. The third kappa shape index (κ3) is 4.61. The Balaban J connectivity index is 1.21. The number of amides is 2. The number of hydrogen-bond donors (Lipinski definition) is 1. The molecule has 8 heteroatoms. The number of nitrogens with zero attached hydrogens (tertiary/aromatic N) is 4. The number of fused-ring (bicyclic) bond motifs is 1. The van der Waals surface area contributed by atoms with Crippen molar-refractivity contribution in [2.24, 2.45) is 0 Å². The van der Waals surface area contributed by atoms with E-state index in [2.05, 4.69) is 50.7 Å². The molecule has 0 saturated carbocycles. The van der Waals surface area contributed by atoms with Gasteiger partial charge in [0, 0.05) is 36.8 Å². The Labute approximate surface area is 202 Å². The van der Waals surface area contributed by atoms with Gasteiger partial charge in [-0.25, -0.2) is 4.79 Å². The van der Waals surface area contributed by atoms with Crippen LogP contribution in [0.1, 0.15) is 0 Å². The van der Waals surface area contributed by atoms with Crippen LogP contribution in [-0.2, 0) is 0 Å². The van der Waals surface area contributed by atoms with Gasteiger partial charge in [-0.05, 0) is 47.2 Å². The summed E-state index contributed by atoms with van der Waals surface area (Å²) in [7, 11) is 1.56. The van der Waals surface area contributed by atoms with Crippen LogP contribution in [0.25, 0.3) is 22.0 Å². The van der Waals surface area contributed by atoms with Crippen LogP contribution in [0.15, 0.2) is 72.8 Å². The van der Waals surface area contributed by atoms with Crippen molar-refractivity contribution in [1.29, 1.82) is 0 Å². The average Bonchev–Trinajstić information content (AvgIpc) is 2.89. The maximum atomic E-state index is 12.8. The van der Waals surface area contributed by atoms with Gasteiger partial charge in [0.05, 0.1) is 18.5 Å². The fourth-order valence-electron chi connectivity index (χ4n) is 4.11. The molecule has 1 aromatic heterocycles. The maximum absolute atomic E-state index is 12.8. The number of piperazine rings is 1. The van der Waals surface area contributed by atoms with Crippen LogP contribution in [0, 0.1) is 0 Å². The maximum Gasteiger partial charge on any atom is 0.322 e. The van der Waals surface area contributed by atoms with Gasteiger partial charge in [0.2, 0.25) is 0 Å². The Bertz CT molecular complexity index is 1320. The predicted octanol–water partition coefficient (Wildman–Crippen LogP) is 5.31. The molecule has 5 rings (SSSR count). The van der Waals surface area contributed by atoms with E-state index in [9.17, 15) is 4.79 Å². The lowest BCUT2D eigenvalue weighted by Gasteiger charge is -2.35. The molecule has 2 heterocycles. The molecule has 0 aliphatic carbocycles. The highest BCUT2D eigenvalue weighted by atomic mass is 35.5. The first kappa shape index (κ1) is 22.0. The van der Waals surface area contributed by atoms with Gasteiger partial charge in [-0.15, -0.1) is 10.2 Å². The lowest BCUT2D eigenvalue weighted by atomic mass is 10.1. The van der Waals surface area contributed by atoms with Crippen LogP contribution in [0.5, 0.6) is 5.75 Å². The van der Waals surface area contributed by atoms with Crippen molar-refractivity contribution >= 4 is 39.9 Å². The summed E-state index contributed by atoms with van der Waals surface area (Å²) in [4.78, 5) is 16.7. The van der Waals surface area contributed by atoms with Crippen molar-refractivity contribution in [1.82, 2.24) is 15.1 Å². The third-order valence-electron chi connectivity index (χ3n) is 5.99. The number of rotatable bonds is 4. The molecule has 4 aromatic rings. The van der Waals surface area contributed by atoms with Crippen LogP contribution in [0.2, 0.25) is 5.02 Å². The largest absolute Gasteiger partial charge is 0.495 e. The van der Waals surface area contributed by atoms with Gasteiger partial charge in [0.25, 0.3) is 0 Å². The first-order chi connectivity index (χ1) is 16.6. The zero-order valence-electron chi connectivity index (χ0n) is 18.7. The number of aromatic nitrogens is 2. The summed E-state index contributed by atoms with van der Waals surface area (Å²) in [6, 6.07) is 23.5. The van der Waals surface area contributed by atoms with E-state index < -0.39 is 0 Å². The minimum absolute atomic E-state index is 0.182. The van der Waals surface area contributed by atoms with E-state index in [4.69, 9.17) is 16.3 Å². The second-order valence-corrected chi connectivity index (χ2v) is 8.52. The van der Waals surface area contributed by atoms with Gasteiger partial charge in [-0.3, -0.25) is 0 Å². The van der Waals surface area contributed by atoms with Crippen LogP contribution in [0.4, 0.5) is 16.3 Å². The summed E-state index contributed by atoms with van der Waals surface area (Å²) < 4.78 is 5.31. The van der Waals surface area contributed by atoms with Crippen LogP contribution in [0.3, 0.4) is 0 Å². The Hall–Kier alpha value is -3.84. The highest BCUT2D eigenvalue weighted by molar-refractivity contribution is 6.31. The number of methoxy groups -OCH3 is 1. The normalized spacial score (nSPS) is 13.7. The zero-order valence-corrected chi connectivity index (χ0v) is 19.5. The van der Waals surface area contributed by atoms with E-state index in [1.165, 1.54) is 10.8 Å². The molecule has 0 radical (unpaired) electrons. The second-order valence-electron chi connectivity index (χ2n) is 8.09. The lowest BCUT2D eigenvalue weighted by molar-refractivity contribution is 0.208. The number of anilines is 2. The smallest absolute Gasteiger partial charge is 0.322 e. The Morgan fingerprint density at radius 1 is 0.912 bits per heavy atom. The monoisotopic (exact) mass is 473 g/mol. The molecule has 1 aliphatic rings. The molecule has 0 atom stereocenters. The van der Waals surface area contributed by atoms with E-state index in [1.807, 2.05) is 24.3 Å². The van der Waals surface area contributed by atoms with Gasteiger partial charge in [0.1, 0.15) is 5.75 Å². The minimum Gasteiger partial charge on any atom is -0.495 e. The van der Waals surface area contributed by atoms with E-state index >= 15 is 0 Å². The fourth-order valence-corrected chi connectivity index (χ4v) is 4.28. The van der Waals surface area contributed by atoms with Gasteiger partial charge >= 0.3 is 6.03 Å². The molecule has 34 heavy (non-hydrogen) atoms. The average molecular weight is 474 g/mol. The van der Waals surface area contributed by atoms with Crippen LogP contribution < -0.4 is 15.0 Å². The fraction of sp³-hybridized carbons (Fsp3) is 0.192. The molecule has 0 bridgehead atoms. The summed E-state index contributed by atoms with van der Waals surface area (Å²) in [5.74, 6) is 1.37. The van der Waals surface area contributed by atoms with Gasteiger partial charge in [-0.2, -0.15) is 0 Å². The summed E-state index contributed by atoms with van der Waals surface area (Å²) in [5, 5.41) is 14.7. The third-order valence-corrected chi connectivity index (χ3v) is 6.22. The molecule has 1 saturated heterocycles. The lowest BCUT2D eigenvalue weighted by Crippen LogP contribution is -2.50. The summed E-state index contributed by atoms with van der Waals surface area (Å²) in [6.07, 6.45) is 0. The molecule has 7 nitrogen and oxygen atoms in total. The van der Waals surface area contributed by atoms with Crippen molar-refractivity contribution in [3.63, 3.8) is 0 Å². The first-order valence-electron chi connectivity index (χ1n) is 11.1. The van der Waals surface area contributed by atoms with Gasteiger partial charge in [0.15, 0.2) is 5.82 Å². The summed E-state index contributed by atoms with van der Waals surface area (Å²) >= 11 is 6.07. The van der Waals surface area contributed by atoms with Crippen molar-refractivity contribution in [3.05, 3.63) is 77.8 Å². The Kier molecular flexibility index (Phi) is 6.18. The van der Waals surface area contributed by atoms with E-state index in [0.717, 1.165) is 17.1 Å².